The van der Waals surface area contributed by atoms with Gasteiger partial charge < -0.3 is 14.5 Å². The van der Waals surface area contributed by atoms with E-state index in [1.165, 1.54) is 11.3 Å². The van der Waals surface area contributed by atoms with Crippen molar-refractivity contribution in [2.75, 3.05) is 12.1 Å². The predicted octanol–water partition coefficient (Wildman–Crippen LogP) is 4.81. The van der Waals surface area contributed by atoms with E-state index in [1.807, 2.05) is 32.0 Å². The molecule has 0 bridgehead atoms. The third-order valence-electron chi connectivity index (χ3n) is 6.04. The van der Waals surface area contributed by atoms with Crippen LogP contribution in [0.15, 0.2) is 18.2 Å². The number of hydrogen-bond donors (Lipinski definition) is 2. The molecule has 0 radical (unpaired) electrons. The summed E-state index contributed by atoms with van der Waals surface area (Å²) in [5.41, 5.74) is 4.54. The summed E-state index contributed by atoms with van der Waals surface area (Å²) in [6, 6.07) is 5.90. The minimum Gasteiger partial charge on any atom is -0.454 e. The van der Waals surface area contributed by atoms with Crippen LogP contribution in [0, 0.1) is 19.3 Å². The zero-order chi connectivity index (χ0) is 22.6. The van der Waals surface area contributed by atoms with Gasteiger partial charge in [0.15, 0.2) is 22.4 Å². The lowest BCUT2D eigenvalue weighted by atomic mass is 9.75. The Morgan fingerprint density at radius 3 is 2.81 bits per heavy atom. The van der Waals surface area contributed by atoms with Crippen molar-refractivity contribution in [2.45, 2.75) is 47.0 Å². The number of aromatic nitrogens is 2. The van der Waals surface area contributed by atoms with Crippen molar-refractivity contribution < 1.29 is 19.1 Å². The molecule has 0 spiro atoms. The second-order valence-corrected chi connectivity index (χ2v) is 10.3. The number of carbonyl (C=O) groups excluding carboxylic acids is 2. The molecule has 2 aromatic heterocycles. The molecule has 1 aliphatic carbocycles. The van der Waals surface area contributed by atoms with Crippen LogP contribution in [-0.4, -0.2) is 28.5 Å². The fourth-order valence-corrected chi connectivity index (χ4v) is 5.49. The SMILES string of the molecule is Cc1nc(NC(=O)c2[nH]c3c(c2C)C(=O)CC(C)(C)C3)sc1Cc1ccc2c(c1)OCO2. The van der Waals surface area contributed by atoms with Crippen LogP contribution < -0.4 is 14.8 Å². The van der Waals surface area contributed by atoms with E-state index in [1.54, 1.807) is 0 Å². The molecule has 8 heteroatoms. The van der Waals surface area contributed by atoms with Crippen molar-refractivity contribution in [3.63, 3.8) is 0 Å². The zero-order valence-corrected chi connectivity index (χ0v) is 19.4. The third-order valence-corrected chi connectivity index (χ3v) is 7.12. The van der Waals surface area contributed by atoms with Gasteiger partial charge in [-0.15, -0.1) is 11.3 Å². The minimum absolute atomic E-state index is 0.0974. The average Bonchev–Trinajstić information content (AvgIpc) is 3.38. The largest absolute Gasteiger partial charge is 0.454 e. The molecule has 166 valence electrons. The highest BCUT2D eigenvalue weighted by Gasteiger charge is 2.35. The first kappa shape index (κ1) is 20.8. The van der Waals surface area contributed by atoms with E-state index in [4.69, 9.17) is 9.47 Å². The lowest BCUT2D eigenvalue weighted by Gasteiger charge is -2.28. The smallest absolute Gasteiger partial charge is 0.274 e. The number of ketones is 1. The van der Waals surface area contributed by atoms with Gasteiger partial charge in [0, 0.05) is 29.0 Å². The molecular weight excluding hydrogens is 426 g/mol. The van der Waals surface area contributed by atoms with E-state index in [-0.39, 0.29) is 23.9 Å². The van der Waals surface area contributed by atoms with Gasteiger partial charge in [0.05, 0.1) is 5.69 Å². The molecule has 0 atom stereocenters. The van der Waals surface area contributed by atoms with Gasteiger partial charge in [-0.2, -0.15) is 0 Å². The van der Waals surface area contributed by atoms with E-state index in [0.717, 1.165) is 39.7 Å². The van der Waals surface area contributed by atoms with Gasteiger partial charge in [-0.25, -0.2) is 4.98 Å². The predicted molar refractivity (Wildman–Crippen MR) is 122 cm³/mol. The van der Waals surface area contributed by atoms with Crippen molar-refractivity contribution in [1.82, 2.24) is 9.97 Å². The second kappa shape index (κ2) is 7.48. The van der Waals surface area contributed by atoms with Crippen molar-refractivity contribution in [3.05, 3.63) is 56.8 Å². The Bertz CT molecular complexity index is 1250. The molecule has 0 unspecified atom stereocenters. The topological polar surface area (TPSA) is 93.3 Å². The molecule has 3 aromatic rings. The van der Waals surface area contributed by atoms with Crippen molar-refractivity contribution in [3.8, 4) is 11.5 Å². The number of thiazole rings is 1. The van der Waals surface area contributed by atoms with E-state index in [2.05, 4.69) is 29.1 Å². The molecule has 0 saturated heterocycles. The van der Waals surface area contributed by atoms with Crippen LogP contribution in [0.4, 0.5) is 5.13 Å². The number of rotatable bonds is 4. The Morgan fingerprint density at radius 2 is 2.00 bits per heavy atom. The Hall–Kier alpha value is -3.13. The number of anilines is 1. The monoisotopic (exact) mass is 451 g/mol. The summed E-state index contributed by atoms with van der Waals surface area (Å²) in [7, 11) is 0. The van der Waals surface area contributed by atoms with Crippen LogP contribution >= 0.6 is 11.3 Å². The third kappa shape index (κ3) is 3.68. The van der Waals surface area contributed by atoms with Crippen LogP contribution in [0.25, 0.3) is 0 Å². The number of aryl methyl sites for hydroxylation is 1. The average molecular weight is 452 g/mol. The first-order valence-corrected chi connectivity index (χ1v) is 11.4. The summed E-state index contributed by atoms with van der Waals surface area (Å²) in [6.07, 6.45) is 1.93. The van der Waals surface area contributed by atoms with Gasteiger partial charge in [0.25, 0.3) is 5.91 Å². The minimum atomic E-state index is -0.272. The fraction of sp³-hybridized carbons (Fsp3) is 0.375. The Balaban J connectivity index is 1.34. The van der Waals surface area contributed by atoms with Crippen LogP contribution in [0.3, 0.4) is 0 Å². The van der Waals surface area contributed by atoms with Gasteiger partial charge in [-0.05, 0) is 48.9 Å². The Morgan fingerprint density at radius 1 is 1.22 bits per heavy atom. The first-order valence-electron chi connectivity index (χ1n) is 10.6. The standard InChI is InChI=1S/C24H25N3O4S/c1-12-20-15(9-24(3,4)10-16(20)28)26-21(12)22(29)27-23-25-13(2)19(32-23)8-14-5-6-17-18(7-14)31-11-30-17/h5-7,26H,8-11H2,1-4H3,(H,25,27,29). The van der Waals surface area contributed by atoms with E-state index < -0.39 is 0 Å². The van der Waals surface area contributed by atoms with Crippen LogP contribution in [0.2, 0.25) is 0 Å². The van der Waals surface area contributed by atoms with Gasteiger partial charge in [0.1, 0.15) is 5.69 Å². The molecule has 0 saturated carbocycles. The second-order valence-electron chi connectivity index (χ2n) is 9.27. The fourth-order valence-electron chi connectivity index (χ4n) is 4.50. The number of ether oxygens (including phenoxy) is 2. The number of Topliss-reactive ketones (excluding diaryl/α,β-unsaturated/α-hetero) is 1. The molecule has 5 rings (SSSR count). The maximum absolute atomic E-state index is 13.0. The van der Waals surface area contributed by atoms with E-state index >= 15 is 0 Å². The van der Waals surface area contributed by atoms with Crippen molar-refractivity contribution in [1.29, 1.82) is 0 Å². The lowest BCUT2D eigenvalue weighted by Crippen LogP contribution is -2.26. The van der Waals surface area contributed by atoms with Crippen LogP contribution in [0.1, 0.15) is 68.5 Å². The lowest BCUT2D eigenvalue weighted by molar-refractivity contribution is 0.0910. The molecule has 2 N–H and O–H groups in total. The number of fused-ring (bicyclic) bond motifs is 2. The zero-order valence-electron chi connectivity index (χ0n) is 18.5. The normalized spacial score (nSPS) is 16.2. The van der Waals surface area contributed by atoms with Gasteiger partial charge in [-0.3, -0.25) is 14.9 Å². The molecule has 1 amide bonds. The number of benzene rings is 1. The quantitative estimate of drug-likeness (QED) is 0.593. The van der Waals surface area contributed by atoms with E-state index in [0.29, 0.717) is 34.8 Å². The molecule has 2 aliphatic rings. The van der Waals surface area contributed by atoms with Gasteiger partial charge >= 0.3 is 0 Å². The number of nitrogens with zero attached hydrogens (tertiary/aromatic N) is 1. The number of carbonyl (C=O) groups is 2. The van der Waals surface area contributed by atoms with E-state index in [9.17, 15) is 9.59 Å². The number of hydrogen-bond acceptors (Lipinski definition) is 6. The molecule has 32 heavy (non-hydrogen) atoms. The first-order chi connectivity index (χ1) is 15.2. The molecule has 1 aliphatic heterocycles. The summed E-state index contributed by atoms with van der Waals surface area (Å²) in [4.78, 5) is 34.5. The molecular formula is C24H25N3O4S. The summed E-state index contributed by atoms with van der Waals surface area (Å²) in [5.74, 6) is 1.33. The van der Waals surface area contributed by atoms with Crippen molar-refractivity contribution >= 4 is 28.2 Å². The number of nitrogens with one attached hydrogen (secondary N) is 2. The van der Waals surface area contributed by atoms with Crippen LogP contribution in [0.5, 0.6) is 11.5 Å². The highest BCUT2D eigenvalue weighted by molar-refractivity contribution is 7.15. The maximum Gasteiger partial charge on any atom is 0.274 e. The number of H-pyrrole nitrogens is 1. The van der Waals surface area contributed by atoms with Gasteiger partial charge in [0.2, 0.25) is 6.79 Å². The highest BCUT2D eigenvalue weighted by atomic mass is 32.1. The molecule has 7 nitrogen and oxygen atoms in total. The molecule has 0 fully saturated rings. The number of aromatic amines is 1. The Labute approximate surface area is 190 Å². The highest BCUT2D eigenvalue weighted by Crippen LogP contribution is 2.37. The summed E-state index contributed by atoms with van der Waals surface area (Å²) >= 11 is 1.46. The van der Waals surface area contributed by atoms with Crippen LogP contribution in [-0.2, 0) is 12.8 Å². The van der Waals surface area contributed by atoms with Crippen molar-refractivity contribution in [2.24, 2.45) is 5.41 Å². The summed E-state index contributed by atoms with van der Waals surface area (Å²) in [5, 5.41) is 3.46. The molecule has 1 aromatic carbocycles. The summed E-state index contributed by atoms with van der Waals surface area (Å²) < 4.78 is 10.8. The molecule has 3 heterocycles. The Kier molecular flexibility index (Phi) is 4.85. The summed E-state index contributed by atoms with van der Waals surface area (Å²) in [6.45, 7) is 8.17. The van der Waals surface area contributed by atoms with Gasteiger partial charge in [-0.1, -0.05) is 19.9 Å². The maximum atomic E-state index is 13.0. The number of amides is 1.